The molecular weight excluding hydrogens is 316 g/mol. The number of nitrogens with one attached hydrogen (secondary N) is 2. The Balaban J connectivity index is 2.28. The van der Waals surface area contributed by atoms with Crippen LogP contribution in [0, 0.1) is 6.92 Å². The lowest BCUT2D eigenvalue weighted by Gasteiger charge is -2.25. The number of hydrogen-bond acceptors (Lipinski definition) is 6. The fourth-order valence-electron chi connectivity index (χ4n) is 2.16. The van der Waals surface area contributed by atoms with Gasteiger partial charge in [0.15, 0.2) is 14.9 Å². The van der Waals surface area contributed by atoms with Gasteiger partial charge < -0.3 is 5.32 Å². The summed E-state index contributed by atoms with van der Waals surface area (Å²) in [5.74, 6) is -0.281. The molecule has 0 aromatic carbocycles. The summed E-state index contributed by atoms with van der Waals surface area (Å²) in [7, 11) is -6.89. The Morgan fingerprint density at radius 1 is 1.33 bits per heavy atom. The first-order valence-electron chi connectivity index (χ1n) is 6.73. The van der Waals surface area contributed by atoms with Gasteiger partial charge in [-0.1, -0.05) is 6.92 Å². The number of nitrogens with zero attached hydrogens (tertiary/aromatic N) is 2. The van der Waals surface area contributed by atoms with Crippen LogP contribution in [-0.2, 0) is 26.4 Å². The molecule has 8 nitrogen and oxygen atoms in total. The Morgan fingerprint density at radius 3 is 2.52 bits per heavy atom. The zero-order valence-electron chi connectivity index (χ0n) is 12.1. The van der Waals surface area contributed by atoms with Crippen LogP contribution in [0.15, 0.2) is 5.03 Å². The summed E-state index contributed by atoms with van der Waals surface area (Å²) >= 11 is 0. The number of rotatable bonds is 5. The first-order chi connectivity index (χ1) is 9.78. The molecule has 10 heteroatoms. The smallest absolute Gasteiger partial charge is 0.262 e. The maximum atomic E-state index is 12.6. The highest BCUT2D eigenvalue weighted by molar-refractivity contribution is 7.92. The van der Waals surface area contributed by atoms with Crippen molar-refractivity contribution in [2.75, 3.05) is 31.1 Å². The van der Waals surface area contributed by atoms with Gasteiger partial charge in [0.05, 0.1) is 11.5 Å². The average molecular weight is 336 g/mol. The van der Waals surface area contributed by atoms with Crippen molar-refractivity contribution in [2.24, 2.45) is 0 Å². The van der Waals surface area contributed by atoms with Gasteiger partial charge in [0.1, 0.15) is 0 Å². The topological polar surface area (TPSA) is 112 Å². The molecule has 0 aliphatic carbocycles. The summed E-state index contributed by atoms with van der Waals surface area (Å²) in [5, 5.41) is 9.67. The number of sulfone groups is 1. The summed E-state index contributed by atoms with van der Waals surface area (Å²) in [6.07, 6.45) is 0. The summed E-state index contributed by atoms with van der Waals surface area (Å²) in [5.41, 5.74) is 1.30. The molecule has 1 fully saturated rings. The number of sulfonamides is 1. The van der Waals surface area contributed by atoms with E-state index in [1.807, 2.05) is 6.92 Å². The van der Waals surface area contributed by atoms with E-state index in [1.165, 1.54) is 4.31 Å². The van der Waals surface area contributed by atoms with E-state index >= 15 is 0 Å². The highest BCUT2D eigenvalue weighted by Crippen LogP contribution is 2.22. The molecule has 1 aliphatic heterocycles. The monoisotopic (exact) mass is 336 g/mol. The fourth-order valence-corrected chi connectivity index (χ4v) is 5.20. The molecule has 1 saturated heterocycles. The fraction of sp³-hybridized carbons (Fsp3) is 0.727. The molecule has 0 bridgehead atoms. The van der Waals surface area contributed by atoms with Crippen LogP contribution in [0.2, 0.25) is 0 Å². The SMILES string of the molecule is CCNCc1c(S(=O)(=O)N2CCS(=O)(=O)CC2)n[nH]c1C. The molecule has 120 valence electrons. The first kappa shape index (κ1) is 16.4. The minimum atomic E-state index is -3.77. The van der Waals surface area contributed by atoms with Crippen molar-refractivity contribution >= 4 is 19.9 Å². The third-order valence-corrected chi connectivity index (χ3v) is 6.96. The molecule has 2 heterocycles. The molecule has 1 aromatic rings. The van der Waals surface area contributed by atoms with Crippen LogP contribution in [0.25, 0.3) is 0 Å². The third kappa shape index (κ3) is 3.44. The van der Waals surface area contributed by atoms with Crippen molar-refractivity contribution in [1.29, 1.82) is 0 Å². The lowest BCUT2D eigenvalue weighted by atomic mass is 10.2. The lowest BCUT2D eigenvalue weighted by Crippen LogP contribution is -2.44. The lowest BCUT2D eigenvalue weighted by molar-refractivity contribution is 0.427. The van der Waals surface area contributed by atoms with E-state index in [-0.39, 0.29) is 29.6 Å². The highest BCUT2D eigenvalue weighted by atomic mass is 32.2. The molecule has 1 aromatic heterocycles. The normalized spacial score (nSPS) is 19.7. The van der Waals surface area contributed by atoms with Gasteiger partial charge in [-0.05, 0) is 13.5 Å². The van der Waals surface area contributed by atoms with Crippen molar-refractivity contribution in [3.8, 4) is 0 Å². The molecular formula is C11H20N4O4S2. The average Bonchev–Trinajstić information content (AvgIpc) is 2.78. The molecule has 21 heavy (non-hydrogen) atoms. The molecule has 0 amide bonds. The summed E-state index contributed by atoms with van der Waals surface area (Å²) < 4.78 is 49.3. The Bertz CT molecular complexity index is 695. The molecule has 1 aliphatic rings. The van der Waals surface area contributed by atoms with Crippen LogP contribution in [0.5, 0.6) is 0 Å². The van der Waals surface area contributed by atoms with Crippen LogP contribution < -0.4 is 5.32 Å². The van der Waals surface area contributed by atoms with Gasteiger partial charge in [-0.2, -0.15) is 9.40 Å². The molecule has 2 rings (SSSR count). The highest BCUT2D eigenvalue weighted by Gasteiger charge is 2.34. The van der Waals surface area contributed by atoms with E-state index in [4.69, 9.17) is 0 Å². The van der Waals surface area contributed by atoms with Crippen LogP contribution in [0.3, 0.4) is 0 Å². The maximum Gasteiger partial charge on any atom is 0.262 e. The first-order valence-corrected chi connectivity index (χ1v) is 9.99. The van der Waals surface area contributed by atoms with Crippen molar-refractivity contribution in [3.63, 3.8) is 0 Å². The molecule has 0 unspecified atom stereocenters. The molecule has 2 N–H and O–H groups in total. The van der Waals surface area contributed by atoms with E-state index < -0.39 is 19.9 Å². The number of hydrogen-bond donors (Lipinski definition) is 2. The van der Waals surface area contributed by atoms with E-state index in [0.717, 1.165) is 0 Å². The van der Waals surface area contributed by atoms with Crippen molar-refractivity contribution in [2.45, 2.75) is 25.4 Å². The molecule has 0 radical (unpaired) electrons. The predicted octanol–water partition coefficient (Wildman–Crippen LogP) is -0.753. The zero-order valence-corrected chi connectivity index (χ0v) is 13.7. The van der Waals surface area contributed by atoms with Gasteiger partial charge in [-0.15, -0.1) is 0 Å². The standard InChI is InChI=1S/C11H20N4O4S2/c1-3-12-8-10-9(2)13-14-11(10)21(18,19)15-4-6-20(16,17)7-5-15/h12H,3-8H2,1-2H3,(H,13,14). The number of aryl methyl sites for hydroxylation is 1. The van der Waals surface area contributed by atoms with Gasteiger partial charge in [-0.3, -0.25) is 5.10 Å². The Labute approximate surface area is 124 Å². The zero-order chi connectivity index (χ0) is 15.7. The Kier molecular flexibility index (Phi) is 4.71. The van der Waals surface area contributed by atoms with E-state index in [1.54, 1.807) is 6.92 Å². The predicted molar refractivity (Wildman–Crippen MR) is 78.1 cm³/mol. The number of aromatic nitrogens is 2. The second-order valence-corrected chi connectivity index (χ2v) is 9.13. The minimum absolute atomic E-state index is 0.0137. The summed E-state index contributed by atoms with van der Waals surface area (Å²) in [6, 6.07) is 0. The van der Waals surface area contributed by atoms with Crippen LogP contribution in [0.4, 0.5) is 0 Å². The molecule has 0 spiro atoms. The summed E-state index contributed by atoms with van der Waals surface area (Å²) in [4.78, 5) is 0. The quantitative estimate of drug-likeness (QED) is 0.731. The van der Waals surface area contributed by atoms with Gasteiger partial charge in [0, 0.05) is 30.9 Å². The van der Waals surface area contributed by atoms with Crippen molar-refractivity contribution in [3.05, 3.63) is 11.3 Å². The minimum Gasteiger partial charge on any atom is -0.313 e. The van der Waals surface area contributed by atoms with Crippen molar-refractivity contribution in [1.82, 2.24) is 19.8 Å². The van der Waals surface area contributed by atoms with E-state index in [0.29, 0.717) is 24.3 Å². The second kappa shape index (κ2) is 6.03. The molecule has 0 atom stereocenters. The van der Waals surface area contributed by atoms with Crippen LogP contribution in [0.1, 0.15) is 18.2 Å². The summed E-state index contributed by atoms with van der Waals surface area (Å²) in [6.45, 7) is 4.78. The maximum absolute atomic E-state index is 12.6. The number of H-pyrrole nitrogens is 1. The third-order valence-electron chi connectivity index (χ3n) is 3.48. The van der Waals surface area contributed by atoms with Crippen molar-refractivity contribution < 1.29 is 16.8 Å². The van der Waals surface area contributed by atoms with E-state index in [9.17, 15) is 16.8 Å². The Morgan fingerprint density at radius 2 is 1.95 bits per heavy atom. The Hall–Kier alpha value is -0.970. The van der Waals surface area contributed by atoms with Gasteiger partial charge in [-0.25, -0.2) is 16.8 Å². The second-order valence-electron chi connectivity index (χ2n) is 4.97. The molecule has 0 saturated carbocycles. The van der Waals surface area contributed by atoms with E-state index in [2.05, 4.69) is 15.5 Å². The van der Waals surface area contributed by atoms with Gasteiger partial charge in [0.2, 0.25) is 0 Å². The van der Waals surface area contributed by atoms with Gasteiger partial charge >= 0.3 is 0 Å². The largest absolute Gasteiger partial charge is 0.313 e. The van der Waals surface area contributed by atoms with Crippen LogP contribution >= 0.6 is 0 Å². The van der Waals surface area contributed by atoms with Crippen LogP contribution in [-0.4, -0.2) is 62.5 Å². The van der Waals surface area contributed by atoms with Gasteiger partial charge in [0.25, 0.3) is 10.0 Å². The number of aromatic amines is 1.